The van der Waals surface area contributed by atoms with Crippen LogP contribution in [0.5, 0.6) is 5.75 Å². The molecule has 5 nitrogen and oxygen atoms in total. The average Bonchev–Trinajstić information content (AvgIpc) is 3.80. The SMILES string of the molecule is Cn1c(-c2ccccc2O)nc2c(-c3[c-]c(-c4cc(-c5cccc6c7ccccc7n(-c7cccc(-c8cc(C(C)(C)C)cc(C(C)(C)C)c8)c7)c56)ccn4)ccc3)cccc21.[Pt]. The Hall–Kier alpha value is -6.55. The molecule has 0 spiro atoms. The van der Waals surface area contributed by atoms with E-state index in [1.54, 1.807) is 6.07 Å². The number of aromatic nitrogens is 4. The van der Waals surface area contributed by atoms with Gasteiger partial charge in [0.15, 0.2) is 0 Å². The minimum atomic E-state index is 0. The van der Waals surface area contributed by atoms with Crippen molar-refractivity contribution in [2.24, 2.45) is 7.05 Å². The van der Waals surface area contributed by atoms with Gasteiger partial charge >= 0.3 is 0 Å². The van der Waals surface area contributed by atoms with Crippen molar-refractivity contribution in [2.75, 3.05) is 0 Å². The van der Waals surface area contributed by atoms with Crippen LogP contribution in [0, 0.1) is 6.07 Å². The second-order valence-electron chi connectivity index (χ2n) is 18.5. The van der Waals surface area contributed by atoms with Crippen molar-refractivity contribution < 1.29 is 26.2 Å². The van der Waals surface area contributed by atoms with Gasteiger partial charge in [0.2, 0.25) is 0 Å². The maximum absolute atomic E-state index is 10.7. The Labute approximate surface area is 384 Å². The Balaban J connectivity index is 0.00000504. The van der Waals surface area contributed by atoms with Crippen LogP contribution < -0.4 is 0 Å². The fourth-order valence-corrected chi connectivity index (χ4v) is 8.86. The van der Waals surface area contributed by atoms with Gasteiger partial charge in [0.1, 0.15) is 11.6 Å². The van der Waals surface area contributed by atoms with Crippen LogP contribution in [0.3, 0.4) is 0 Å². The van der Waals surface area contributed by atoms with E-state index in [1.807, 2.05) is 36.0 Å². The minimum absolute atomic E-state index is 0. The second kappa shape index (κ2) is 16.0. The van der Waals surface area contributed by atoms with Crippen molar-refractivity contribution in [3.63, 3.8) is 0 Å². The molecule has 0 amide bonds. The number of benzene rings is 7. The third kappa shape index (κ3) is 7.49. The number of hydrogen-bond acceptors (Lipinski definition) is 3. The van der Waals surface area contributed by atoms with Gasteiger partial charge in [-0.1, -0.05) is 150 Å². The number of nitrogens with zero attached hydrogens (tertiary/aromatic N) is 4. The van der Waals surface area contributed by atoms with E-state index in [-0.39, 0.29) is 37.6 Å². The third-order valence-corrected chi connectivity index (χ3v) is 12.3. The van der Waals surface area contributed by atoms with E-state index in [0.717, 1.165) is 61.3 Å². The van der Waals surface area contributed by atoms with Crippen molar-refractivity contribution in [1.82, 2.24) is 19.1 Å². The van der Waals surface area contributed by atoms with Crippen LogP contribution in [0.1, 0.15) is 52.7 Å². The number of fused-ring (bicyclic) bond motifs is 4. The van der Waals surface area contributed by atoms with E-state index in [0.29, 0.717) is 11.4 Å². The summed E-state index contributed by atoms with van der Waals surface area (Å²) < 4.78 is 4.47. The van der Waals surface area contributed by atoms with Crippen LogP contribution in [0.25, 0.3) is 94.6 Å². The predicted molar refractivity (Wildman–Crippen MR) is 258 cm³/mol. The molecule has 0 aliphatic rings. The van der Waals surface area contributed by atoms with Crippen LogP contribution in [-0.4, -0.2) is 24.2 Å². The fourth-order valence-electron chi connectivity index (χ4n) is 8.86. The Kier molecular flexibility index (Phi) is 10.6. The molecule has 3 aromatic heterocycles. The first-order valence-corrected chi connectivity index (χ1v) is 21.4. The number of rotatable bonds is 6. The van der Waals surface area contributed by atoms with E-state index in [9.17, 15) is 5.11 Å². The van der Waals surface area contributed by atoms with Gasteiger partial charge in [0, 0.05) is 62.0 Å². The average molecular weight is 1000 g/mol. The van der Waals surface area contributed by atoms with E-state index in [2.05, 4.69) is 186 Å². The first-order chi connectivity index (χ1) is 29.8. The maximum atomic E-state index is 10.7. The monoisotopic (exact) mass is 1000 g/mol. The summed E-state index contributed by atoms with van der Waals surface area (Å²) in [6.45, 7) is 13.8. The maximum Gasteiger partial charge on any atom is 0.143 e. The Morgan fingerprint density at radius 2 is 1.17 bits per heavy atom. The molecule has 10 aromatic rings. The van der Waals surface area contributed by atoms with Crippen molar-refractivity contribution in [3.8, 4) is 67.5 Å². The number of imidazole rings is 1. The summed E-state index contributed by atoms with van der Waals surface area (Å²) in [5.74, 6) is 0.909. The molecule has 0 atom stereocenters. The molecule has 0 saturated carbocycles. The molecule has 0 bridgehead atoms. The van der Waals surface area contributed by atoms with Crippen LogP contribution in [-0.2, 0) is 38.9 Å². The molecular formula is C57H49N4OPt-. The standard InChI is InChI=1S/C57H49N4O.Pt/c1-56(2,3)41-31-40(32-42(35-41)57(4,5)6)36-16-13-19-43(33-36)61-50-25-10-8-20-46(50)47-24-14-23-45(54(47)61)38-28-29-58-49(34-38)39-18-12-17-37(30-39)44-22-15-26-51-53(44)59-55(60(51)7)48-21-9-11-27-52(48)62;/h8-29,31-35,62H,1-7H3;/q-1;. The van der Waals surface area contributed by atoms with Gasteiger partial charge in [-0.15, -0.1) is 29.8 Å². The van der Waals surface area contributed by atoms with Gasteiger partial charge in [-0.2, -0.15) is 0 Å². The molecule has 0 aliphatic heterocycles. The Morgan fingerprint density at radius 3 is 1.95 bits per heavy atom. The topological polar surface area (TPSA) is 55.9 Å². The normalized spacial score (nSPS) is 12.0. The van der Waals surface area contributed by atoms with E-state index in [1.165, 1.54) is 33.0 Å². The molecule has 0 saturated heterocycles. The van der Waals surface area contributed by atoms with Gasteiger partial charge in [0.05, 0.1) is 27.6 Å². The van der Waals surface area contributed by atoms with E-state index < -0.39 is 0 Å². The number of phenolic OH excluding ortho intramolecular Hbond substituents is 1. The zero-order chi connectivity index (χ0) is 42.9. The largest absolute Gasteiger partial charge is 0.507 e. The zero-order valence-corrected chi connectivity index (χ0v) is 38.9. The summed E-state index contributed by atoms with van der Waals surface area (Å²) in [5, 5.41) is 13.1. The number of para-hydroxylation sites is 4. The predicted octanol–water partition coefficient (Wildman–Crippen LogP) is 14.5. The Bertz CT molecular complexity index is 3330. The molecule has 0 unspecified atom stereocenters. The molecule has 0 aliphatic carbocycles. The molecule has 3 heterocycles. The minimum Gasteiger partial charge on any atom is -0.507 e. The molecule has 10 rings (SSSR count). The molecule has 6 heteroatoms. The summed E-state index contributed by atoms with van der Waals surface area (Å²) in [6.07, 6.45) is 1.91. The molecule has 314 valence electrons. The number of hydrogen-bond donors (Lipinski definition) is 1. The number of aromatic hydroxyl groups is 1. The van der Waals surface area contributed by atoms with E-state index in [4.69, 9.17) is 9.97 Å². The number of phenols is 1. The van der Waals surface area contributed by atoms with Crippen molar-refractivity contribution in [2.45, 2.75) is 52.4 Å². The number of aryl methyl sites for hydroxylation is 1. The van der Waals surface area contributed by atoms with Crippen molar-refractivity contribution in [3.05, 3.63) is 181 Å². The summed E-state index contributed by atoms with van der Waals surface area (Å²) in [5.41, 5.74) is 16.9. The molecule has 7 aromatic carbocycles. The summed E-state index contributed by atoms with van der Waals surface area (Å²) in [4.78, 5) is 9.98. The quantitative estimate of drug-likeness (QED) is 0.169. The molecule has 0 fully saturated rings. The van der Waals surface area contributed by atoms with Gasteiger partial charge in [-0.3, -0.25) is 4.98 Å². The molecule has 1 N–H and O–H groups in total. The van der Waals surface area contributed by atoms with Gasteiger partial charge in [0.25, 0.3) is 0 Å². The molecular weight excluding hydrogens is 952 g/mol. The van der Waals surface area contributed by atoms with Crippen LogP contribution in [0.2, 0.25) is 0 Å². The second-order valence-corrected chi connectivity index (χ2v) is 18.5. The molecule has 63 heavy (non-hydrogen) atoms. The summed E-state index contributed by atoms with van der Waals surface area (Å²) in [6, 6.07) is 59.3. The zero-order valence-electron chi connectivity index (χ0n) is 36.6. The van der Waals surface area contributed by atoms with Gasteiger partial charge in [-0.05, 0) is 81.1 Å². The van der Waals surface area contributed by atoms with Crippen molar-refractivity contribution >= 4 is 32.8 Å². The Morgan fingerprint density at radius 1 is 0.540 bits per heavy atom. The van der Waals surface area contributed by atoms with Crippen molar-refractivity contribution in [1.29, 1.82) is 0 Å². The number of pyridine rings is 1. The smallest absolute Gasteiger partial charge is 0.143 e. The van der Waals surface area contributed by atoms with Crippen LogP contribution in [0.4, 0.5) is 0 Å². The fraction of sp³-hybridized carbons (Fsp3) is 0.158. The first-order valence-electron chi connectivity index (χ1n) is 21.4. The van der Waals surface area contributed by atoms with E-state index >= 15 is 0 Å². The van der Waals surface area contributed by atoms with Gasteiger partial charge < -0.3 is 14.2 Å². The van der Waals surface area contributed by atoms with Crippen LogP contribution >= 0.6 is 0 Å². The van der Waals surface area contributed by atoms with Crippen LogP contribution in [0.15, 0.2) is 164 Å². The summed E-state index contributed by atoms with van der Waals surface area (Å²) >= 11 is 0. The molecule has 0 radical (unpaired) electrons. The third-order valence-electron chi connectivity index (χ3n) is 12.3. The van der Waals surface area contributed by atoms with Gasteiger partial charge in [-0.25, -0.2) is 4.98 Å². The first kappa shape index (κ1) is 41.8. The summed E-state index contributed by atoms with van der Waals surface area (Å²) in [7, 11) is 1.99.